The van der Waals surface area contributed by atoms with Gasteiger partial charge in [-0.2, -0.15) is 0 Å². The molecule has 0 radical (unpaired) electrons. The molecule has 2 aromatic rings. The fraction of sp³-hybridized carbons (Fsp3) is 0.167. The summed E-state index contributed by atoms with van der Waals surface area (Å²) in [7, 11) is 0. The predicted octanol–water partition coefficient (Wildman–Crippen LogP) is 3.09. The Hall–Kier alpha value is -2.95. The van der Waals surface area contributed by atoms with Gasteiger partial charge in [0.25, 0.3) is 5.91 Å². The number of phenolic OH excluding ortho intramolecular Hbond substituents is 1. The molecule has 0 fully saturated rings. The summed E-state index contributed by atoms with van der Waals surface area (Å²) < 4.78 is 5.35. The van der Waals surface area contributed by atoms with E-state index in [9.17, 15) is 9.90 Å². The van der Waals surface area contributed by atoms with E-state index in [1.54, 1.807) is 48.5 Å². The molecular formula is C18H20N2O3. The summed E-state index contributed by atoms with van der Waals surface area (Å²) in [6.45, 7) is 4.36. The highest BCUT2D eigenvalue weighted by atomic mass is 16.5. The van der Waals surface area contributed by atoms with Crippen LogP contribution in [0.25, 0.3) is 5.70 Å². The van der Waals surface area contributed by atoms with Crippen molar-refractivity contribution in [3.63, 3.8) is 0 Å². The van der Waals surface area contributed by atoms with Crippen molar-refractivity contribution in [3.05, 3.63) is 65.7 Å². The van der Waals surface area contributed by atoms with Gasteiger partial charge in [0.05, 0.1) is 12.3 Å². The van der Waals surface area contributed by atoms with Crippen molar-refractivity contribution in [2.24, 2.45) is 0 Å². The Kier molecular flexibility index (Phi) is 5.63. The lowest BCUT2D eigenvalue weighted by atomic mass is 10.1. The minimum Gasteiger partial charge on any atom is -0.508 e. The smallest absolute Gasteiger partial charge is 0.269 e. The third-order valence-electron chi connectivity index (χ3n) is 3.21. The van der Waals surface area contributed by atoms with Gasteiger partial charge in [0.15, 0.2) is 0 Å². The summed E-state index contributed by atoms with van der Waals surface area (Å²) in [4.78, 5) is 12.1. The molecule has 120 valence electrons. The van der Waals surface area contributed by atoms with Crippen LogP contribution in [0.4, 0.5) is 0 Å². The van der Waals surface area contributed by atoms with Crippen LogP contribution >= 0.6 is 0 Å². The van der Waals surface area contributed by atoms with Crippen molar-refractivity contribution in [1.82, 2.24) is 10.9 Å². The fourth-order valence-electron chi connectivity index (χ4n) is 2.02. The average molecular weight is 312 g/mol. The zero-order valence-electron chi connectivity index (χ0n) is 13.2. The zero-order valence-corrected chi connectivity index (χ0v) is 13.2. The van der Waals surface area contributed by atoms with Gasteiger partial charge in [-0.05, 0) is 67.9 Å². The van der Waals surface area contributed by atoms with Crippen molar-refractivity contribution in [1.29, 1.82) is 0 Å². The zero-order chi connectivity index (χ0) is 16.7. The highest BCUT2D eigenvalue weighted by Gasteiger charge is 2.07. The molecule has 0 spiro atoms. The summed E-state index contributed by atoms with van der Waals surface area (Å²) in [6, 6.07) is 13.6. The maximum Gasteiger partial charge on any atom is 0.269 e. The van der Waals surface area contributed by atoms with Crippen LogP contribution in [-0.2, 0) is 0 Å². The Bertz CT molecular complexity index is 676. The number of ether oxygens (including phenoxy) is 1. The van der Waals surface area contributed by atoms with E-state index < -0.39 is 0 Å². The molecule has 0 aliphatic carbocycles. The second kappa shape index (κ2) is 7.89. The van der Waals surface area contributed by atoms with Crippen molar-refractivity contribution in [2.75, 3.05) is 6.61 Å². The molecule has 0 unspecified atom stereocenters. The first-order valence-electron chi connectivity index (χ1n) is 7.39. The Labute approximate surface area is 135 Å². The van der Waals surface area contributed by atoms with Crippen molar-refractivity contribution >= 4 is 11.6 Å². The molecule has 23 heavy (non-hydrogen) atoms. The third-order valence-corrected chi connectivity index (χ3v) is 3.21. The van der Waals surface area contributed by atoms with Crippen LogP contribution in [0.3, 0.4) is 0 Å². The molecule has 5 heteroatoms. The van der Waals surface area contributed by atoms with Gasteiger partial charge in [-0.25, -0.2) is 0 Å². The minimum atomic E-state index is -0.244. The molecule has 0 aliphatic rings. The number of carbonyl (C=O) groups excluding carboxylic acids is 1. The van der Waals surface area contributed by atoms with Crippen LogP contribution in [0.2, 0.25) is 0 Å². The van der Waals surface area contributed by atoms with Gasteiger partial charge in [0.2, 0.25) is 0 Å². The van der Waals surface area contributed by atoms with E-state index in [2.05, 4.69) is 10.9 Å². The highest BCUT2D eigenvalue weighted by Crippen LogP contribution is 2.16. The fourth-order valence-corrected chi connectivity index (χ4v) is 2.02. The summed E-state index contributed by atoms with van der Waals surface area (Å²) in [5, 5.41) is 9.32. The molecule has 0 saturated heterocycles. The van der Waals surface area contributed by atoms with E-state index in [0.29, 0.717) is 12.2 Å². The highest BCUT2D eigenvalue weighted by molar-refractivity contribution is 5.94. The van der Waals surface area contributed by atoms with Gasteiger partial charge >= 0.3 is 0 Å². The number of nitrogens with one attached hydrogen (secondary N) is 2. The van der Waals surface area contributed by atoms with E-state index in [4.69, 9.17) is 4.74 Å². The second-order valence-corrected chi connectivity index (χ2v) is 4.79. The van der Waals surface area contributed by atoms with E-state index in [-0.39, 0.29) is 11.7 Å². The Morgan fingerprint density at radius 2 is 1.65 bits per heavy atom. The number of aromatic hydroxyl groups is 1. The summed E-state index contributed by atoms with van der Waals surface area (Å²) in [5.74, 6) is 0.684. The molecular weight excluding hydrogens is 292 g/mol. The molecule has 0 atom stereocenters. The Morgan fingerprint density at radius 3 is 2.22 bits per heavy atom. The number of allylic oxidation sites excluding steroid dienone is 1. The van der Waals surface area contributed by atoms with Crippen LogP contribution in [0.5, 0.6) is 11.5 Å². The van der Waals surface area contributed by atoms with Gasteiger partial charge in [-0.15, -0.1) is 0 Å². The van der Waals surface area contributed by atoms with E-state index in [1.165, 1.54) is 0 Å². The topological polar surface area (TPSA) is 70.6 Å². The number of phenols is 1. The summed E-state index contributed by atoms with van der Waals surface area (Å²) >= 11 is 0. The van der Waals surface area contributed by atoms with Gasteiger partial charge in [0.1, 0.15) is 11.5 Å². The third kappa shape index (κ3) is 4.51. The molecule has 0 aliphatic heterocycles. The first-order chi connectivity index (χ1) is 11.1. The van der Waals surface area contributed by atoms with Gasteiger partial charge in [-0.3, -0.25) is 15.6 Å². The molecule has 3 N–H and O–H groups in total. The van der Waals surface area contributed by atoms with Crippen LogP contribution in [0.15, 0.2) is 54.6 Å². The van der Waals surface area contributed by atoms with Crippen LogP contribution in [0.1, 0.15) is 29.8 Å². The lowest BCUT2D eigenvalue weighted by molar-refractivity contribution is 0.0942. The summed E-state index contributed by atoms with van der Waals surface area (Å²) in [6.07, 6.45) is 1.84. The standard InChI is InChI=1S/C18H20N2O3/c1-3-17(13-5-9-15(21)10-6-13)19-20-18(22)14-7-11-16(12-8-14)23-4-2/h3,5-12,19,21H,4H2,1-2H3,(H,20,22)/b17-3+. The molecule has 2 aromatic carbocycles. The molecule has 0 saturated carbocycles. The van der Waals surface area contributed by atoms with Crippen molar-refractivity contribution in [2.45, 2.75) is 13.8 Å². The van der Waals surface area contributed by atoms with Gasteiger partial charge in [-0.1, -0.05) is 6.08 Å². The number of amides is 1. The van der Waals surface area contributed by atoms with Crippen LogP contribution in [-0.4, -0.2) is 17.6 Å². The summed E-state index contributed by atoms with van der Waals surface area (Å²) in [5.41, 5.74) is 7.67. The largest absolute Gasteiger partial charge is 0.508 e. The van der Waals surface area contributed by atoms with Crippen LogP contribution in [0, 0.1) is 0 Å². The van der Waals surface area contributed by atoms with Crippen molar-refractivity contribution in [3.8, 4) is 11.5 Å². The Morgan fingerprint density at radius 1 is 1.04 bits per heavy atom. The molecule has 1 amide bonds. The average Bonchev–Trinajstić information content (AvgIpc) is 2.57. The maximum atomic E-state index is 12.1. The minimum absolute atomic E-state index is 0.197. The Balaban J connectivity index is 1.98. The second-order valence-electron chi connectivity index (χ2n) is 4.79. The SMILES string of the molecule is C/C=C(/NNC(=O)c1ccc(OCC)cc1)c1ccc(O)cc1. The molecule has 2 rings (SSSR count). The first kappa shape index (κ1) is 16.4. The maximum absolute atomic E-state index is 12.1. The number of carbonyl (C=O) groups is 1. The predicted molar refractivity (Wildman–Crippen MR) is 90.0 cm³/mol. The van der Waals surface area contributed by atoms with E-state index in [1.807, 2.05) is 19.9 Å². The normalized spacial score (nSPS) is 11.0. The number of hydrazine groups is 1. The quantitative estimate of drug-likeness (QED) is 0.717. The van der Waals surface area contributed by atoms with Crippen LogP contribution < -0.4 is 15.6 Å². The van der Waals surface area contributed by atoms with Crippen molar-refractivity contribution < 1.29 is 14.6 Å². The lowest BCUT2D eigenvalue weighted by Gasteiger charge is -2.12. The molecule has 0 bridgehead atoms. The monoisotopic (exact) mass is 312 g/mol. The first-order valence-corrected chi connectivity index (χ1v) is 7.39. The number of hydrogen-bond donors (Lipinski definition) is 3. The molecule has 0 heterocycles. The number of hydrogen-bond acceptors (Lipinski definition) is 4. The van der Waals surface area contributed by atoms with E-state index in [0.717, 1.165) is 17.0 Å². The van der Waals surface area contributed by atoms with E-state index >= 15 is 0 Å². The van der Waals surface area contributed by atoms with Gasteiger partial charge in [0, 0.05) is 5.56 Å². The number of rotatable bonds is 6. The molecule has 5 nitrogen and oxygen atoms in total. The number of benzene rings is 2. The van der Waals surface area contributed by atoms with Gasteiger partial charge < -0.3 is 9.84 Å². The lowest BCUT2D eigenvalue weighted by Crippen LogP contribution is -2.36. The molecule has 0 aromatic heterocycles.